The molecule has 0 aromatic heterocycles. The van der Waals surface area contributed by atoms with Crippen molar-refractivity contribution < 1.29 is 47.8 Å². The number of nitrogens with zero attached hydrogens (tertiary/aromatic N) is 2. The quantitative estimate of drug-likeness (QED) is 0.191. The predicted octanol–water partition coefficient (Wildman–Crippen LogP) is 2.89. The summed E-state index contributed by atoms with van der Waals surface area (Å²) in [4.78, 5) is 97.8. The minimum absolute atomic E-state index is 0.00515. The lowest BCUT2D eigenvalue weighted by Crippen LogP contribution is -2.60. The van der Waals surface area contributed by atoms with Crippen molar-refractivity contribution in [3.05, 3.63) is 35.9 Å². The number of amides is 6. The first-order valence-electron chi connectivity index (χ1n) is 20.6. The molecule has 0 radical (unpaired) electrons. The summed E-state index contributed by atoms with van der Waals surface area (Å²) >= 11 is 0. The predicted molar refractivity (Wildman–Crippen MR) is 212 cm³/mol. The van der Waals surface area contributed by atoms with Gasteiger partial charge in [-0.05, 0) is 71.3 Å². The summed E-state index contributed by atoms with van der Waals surface area (Å²) in [6.07, 6.45) is 4.66. The Morgan fingerprint density at radius 2 is 1.57 bits per heavy atom. The van der Waals surface area contributed by atoms with Crippen molar-refractivity contribution in [1.29, 1.82) is 0 Å². The third kappa shape index (κ3) is 11.8. The fourth-order valence-corrected chi connectivity index (χ4v) is 8.23. The highest BCUT2D eigenvalue weighted by Crippen LogP contribution is 2.39. The van der Waals surface area contributed by atoms with Crippen LogP contribution < -0.4 is 21.3 Å². The molecule has 16 heteroatoms. The molecular weight excluding hydrogens is 748 g/mol. The van der Waals surface area contributed by atoms with Crippen LogP contribution in [0.15, 0.2) is 30.3 Å². The molecule has 1 aromatic rings. The standard InChI is InChI=1S/C42H62N6O10/c1-41(2,3)58-40(55)46-33(27-19-12-9-13-20-27)39(54)48-24-30-36(57-42(4,5)56-30)34(48)37(52)45-29(21-25-15-14-16-25)35(51)38(53)43-23-31(49)44-28(22-32(50)47(6)7)26-17-10-8-11-18-26/h8,10-11,17-18,25,27-30,33-34,36H,9,12-16,19-24H2,1-7H3,(H,43,53)(H,44,49)(H,45,52)(H,46,55)/t28-,29+,30+,33+,34+,36+/m1/s1. The first-order valence-corrected chi connectivity index (χ1v) is 20.6. The number of nitrogens with one attached hydrogen (secondary N) is 4. The molecule has 2 saturated carbocycles. The van der Waals surface area contributed by atoms with Gasteiger partial charge in [-0.1, -0.05) is 68.9 Å². The van der Waals surface area contributed by atoms with Crippen LogP contribution in [0.5, 0.6) is 0 Å². The lowest BCUT2D eigenvalue weighted by atomic mass is 9.80. The third-order valence-corrected chi connectivity index (χ3v) is 11.3. The van der Waals surface area contributed by atoms with E-state index in [2.05, 4.69) is 21.3 Å². The van der Waals surface area contributed by atoms with Gasteiger partial charge in [-0.3, -0.25) is 28.8 Å². The maximum Gasteiger partial charge on any atom is 0.408 e. The topological polar surface area (TPSA) is 202 Å². The van der Waals surface area contributed by atoms with Crippen molar-refractivity contribution in [3.8, 4) is 0 Å². The highest BCUT2D eigenvalue weighted by molar-refractivity contribution is 6.38. The number of fused-ring (bicyclic) bond motifs is 1. The summed E-state index contributed by atoms with van der Waals surface area (Å²) in [5, 5.41) is 10.8. The van der Waals surface area contributed by atoms with Crippen molar-refractivity contribution in [2.45, 2.75) is 147 Å². The van der Waals surface area contributed by atoms with Gasteiger partial charge in [-0.15, -0.1) is 0 Å². The molecule has 4 aliphatic rings. The summed E-state index contributed by atoms with van der Waals surface area (Å²) < 4.78 is 17.9. The van der Waals surface area contributed by atoms with Crippen LogP contribution in [-0.2, 0) is 43.0 Å². The summed E-state index contributed by atoms with van der Waals surface area (Å²) in [7, 11) is 3.23. The molecular formula is C42H62N6O10. The third-order valence-electron chi connectivity index (χ3n) is 11.3. The van der Waals surface area contributed by atoms with E-state index in [9.17, 15) is 33.6 Å². The average molecular weight is 811 g/mol. The van der Waals surface area contributed by atoms with Gasteiger partial charge >= 0.3 is 6.09 Å². The number of likely N-dealkylation sites (tertiary alicyclic amines) is 1. The van der Waals surface area contributed by atoms with Gasteiger partial charge in [-0.2, -0.15) is 0 Å². The van der Waals surface area contributed by atoms with Crippen LogP contribution in [0.1, 0.15) is 110 Å². The highest BCUT2D eigenvalue weighted by atomic mass is 16.8. The number of rotatable bonds is 15. The fraction of sp³-hybridized carbons (Fsp3) is 0.690. The van der Waals surface area contributed by atoms with Crippen LogP contribution >= 0.6 is 0 Å². The van der Waals surface area contributed by atoms with Crippen LogP contribution in [-0.4, -0.2) is 120 Å². The van der Waals surface area contributed by atoms with E-state index < -0.39 is 89.8 Å². The second-order valence-corrected chi connectivity index (χ2v) is 17.8. The van der Waals surface area contributed by atoms with E-state index >= 15 is 0 Å². The lowest BCUT2D eigenvalue weighted by Gasteiger charge is -2.36. The van der Waals surface area contributed by atoms with Crippen molar-refractivity contribution in [3.63, 3.8) is 0 Å². The van der Waals surface area contributed by atoms with Gasteiger partial charge in [0.05, 0.1) is 31.6 Å². The molecule has 2 heterocycles. The molecule has 6 atom stereocenters. The monoisotopic (exact) mass is 810 g/mol. The van der Waals surface area contributed by atoms with Crippen molar-refractivity contribution in [1.82, 2.24) is 31.1 Å². The molecule has 1 aromatic carbocycles. The van der Waals surface area contributed by atoms with E-state index in [0.717, 1.165) is 38.5 Å². The molecule has 16 nitrogen and oxygen atoms in total. The fourth-order valence-electron chi connectivity index (χ4n) is 8.23. The Bertz CT molecular complexity index is 1670. The van der Waals surface area contributed by atoms with E-state index in [1.165, 1.54) is 9.80 Å². The second kappa shape index (κ2) is 19.0. The first-order chi connectivity index (χ1) is 27.3. The molecule has 0 bridgehead atoms. The first kappa shape index (κ1) is 44.5. The Morgan fingerprint density at radius 3 is 2.17 bits per heavy atom. The van der Waals surface area contributed by atoms with Crippen LogP contribution in [0.3, 0.4) is 0 Å². The maximum absolute atomic E-state index is 14.6. The van der Waals surface area contributed by atoms with Gasteiger partial charge in [-0.25, -0.2) is 4.79 Å². The van der Waals surface area contributed by atoms with Gasteiger partial charge in [0.2, 0.25) is 29.4 Å². The zero-order chi connectivity index (χ0) is 42.4. The zero-order valence-electron chi connectivity index (χ0n) is 35.0. The largest absolute Gasteiger partial charge is 0.444 e. The number of ketones is 1. The number of Topliss-reactive ketones (excluding diaryl/α,β-unsaturated/α-hetero) is 1. The zero-order valence-corrected chi connectivity index (χ0v) is 35.0. The smallest absolute Gasteiger partial charge is 0.408 e. The van der Waals surface area contributed by atoms with E-state index in [-0.39, 0.29) is 37.1 Å². The van der Waals surface area contributed by atoms with Crippen molar-refractivity contribution in [2.24, 2.45) is 11.8 Å². The molecule has 320 valence electrons. The second-order valence-electron chi connectivity index (χ2n) is 17.8. The Balaban J connectivity index is 1.31. The highest BCUT2D eigenvalue weighted by Gasteiger charge is 2.58. The van der Waals surface area contributed by atoms with Crippen LogP contribution in [0, 0.1) is 11.8 Å². The maximum atomic E-state index is 14.6. The Morgan fingerprint density at radius 1 is 0.897 bits per heavy atom. The molecule has 5 rings (SSSR count). The number of hydrogen-bond donors (Lipinski definition) is 4. The molecule has 2 saturated heterocycles. The van der Waals surface area contributed by atoms with E-state index in [4.69, 9.17) is 14.2 Å². The van der Waals surface area contributed by atoms with Gasteiger partial charge < -0.3 is 45.3 Å². The normalized spacial score (nSPS) is 23.3. The summed E-state index contributed by atoms with van der Waals surface area (Å²) in [5.74, 6) is -5.15. The minimum Gasteiger partial charge on any atom is -0.444 e. The Hall–Kier alpha value is -4.57. The molecule has 58 heavy (non-hydrogen) atoms. The average Bonchev–Trinajstić information content (AvgIpc) is 3.64. The van der Waals surface area contributed by atoms with E-state index in [1.54, 1.807) is 73.0 Å². The van der Waals surface area contributed by atoms with E-state index in [0.29, 0.717) is 18.4 Å². The number of carbonyl (C=O) groups is 7. The molecule has 2 aliphatic heterocycles. The summed E-state index contributed by atoms with van der Waals surface area (Å²) in [6, 6.07) is 4.80. The SMILES string of the molecule is CN(C)C(=O)C[C@@H](NC(=O)CNC(=O)C(=O)[C@H](CC1CCC1)NC(=O)[C@@H]1[C@H]2OC(C)(C)O[C@H]2CN1C(=O)[C@@H](NC(=O)OC(C)(C)C)C1CCCCC1)c1ccccc1. The number of carbonyl (C=O) groups excluding carboxylic acids is 7. The molecule has 0 unspecified atom stereocenters. The molecule has 4 fully saturated rings. The van der Waals surface area contributed by atoms with Crippen molar-refractivity contribution in [2.75, 3.05) is 27.2 Å². The van der Waals surface area contributed by atoms with Gasteiger partial charge in [0.25, 0.3) is 5.91 Å². The molecule has 6 amide bonds. The van der Waals surface area contributed by atoms with Crippen molar-refractivity contribution >= 4 is 41.4 Å². The number of ether oxygens (including phenoxy) is 3. The van der Waals surface area contributed by atoms with Gasteiger partial charge in [0.1, 0.15) is 29.9 Å². The van der Waals surface area contributed by atoms with Crippen LogP contribution in [0.2, 0.25) is 0 Å². The summed E-state index contributed by atoms with van der Waals surface area (Å²) in [6.45, 7) is 8.09. The van der Waals surface area contributed by atoms with Crippen LogP contribution in [0.4, 0.5) is 4.79 Å². The molecule has 0 spiro atoms. The van der Waals surface area contributed by atoms with Crippen LogP contribution in [0.25, 0.3) is 0 Å². The number of alkyl carbamates (subject to hydrolysis) is 1. The van der Waals surface area contributed by atoms with Gasteiger partial charge in [0, 0.05) is 14.1 Å². The molecule has 4 N–H and O–H groups in total. The van der Waals surface area contributed by atoms with E-state index in [1.807, 2.05) is 6.07 Å². The Kier molecular flexibility index (Phi) is 14.6. The number of hydrogen-bond acceptors (Lipinski definition) is 10. The lowest BCUT2D eigenvalue weighted by molar-refractivity contribution is -0.171. The number of benzene rings is 1. The Labute approximate surface area is 341 Å². The minimum atomic E-state index is -1.25. The van der Waals surface area contributed by atoms with Gasteiger partial charge in [0.15, 0.2) is 5.79 Å². The molecule has 2 aliphatic carbocycles. The summed E-state index contributed by atoms with van der Waals surface area (Å²) in [5.41, 5.74) is -0.108.